The largest absolute Gasteiger partial charge is 0.394 e. The lowest BCUT2D eigenvalue weighted by molar-refractivity contribution is -0.223. The van der Waals surface area contributed by atoms with Crippen LogP contribution in [0.15, 0.2) is 11.6 Å². The van der Waals surface area contributed by atoms with Crippen LogP contribution in [0, 0.1) is 22.7 Å². The van der Waals surface area contributed by atoms with Gasteiger partial charge in [0, 0.05) is 5.57 Å². The molecule has 1 nitrogen and oxygen atoms in total. The third-order valence-corrected chi connectivity index (χ3v) is 2.87. The van der Waals surface area contributed by atoms with Gasteiger partial charge in [0.25, 0.3) is 0 Å². The maximum Gasteiger partial charge on any atom is 0.394 e. The Morgan fingerprint density at radius 1 is 1.57 bits per heavy atom. The fraction of sp³-hybridized carbons (Fsp3) is 0.700. The van der Waals surface area contributed by atoms with Gasteiger partial charge in [-0.15, -0.1) is 0 Å². The molecule has 14 heavy (non-hydrogen) atoms. The summed E-state index contributed by atoms with van der Waals surface area (Å²) in [6.45, 7) is 2.88. The number of allylic oxidation sites excluding steroid dienone is 2. The lowest BCUT2D eigenvalue weighted by Crippen LogP contribution is -2.38. The first-order valence-electron chi connectivity index (χ1n) is 4.47. The van der Waals surface area contributed by atoms with Crippen molar-refractivity contribution in [2.75, 3.05) is 0 Å². The smallest absolute Gasteiger partial charge is 0.193 e. The van der Waals surface area contributed by atoms with Gasteiger partial charge in [0.2, 0.25) is 0 Å². The molecule has 4 heteroatoms. The van der Waals surface area contributed by atoms with Gasteiger partial charge in [-0.2, -0.15) is 18.4 Å². The Balaban J connectivity index is 2.93. The van der Waals surface area contributed by atoms with E-state index in [9.17, 15) is 13.2 Å². The molecule has 0 spiro atoms. The van der Waals surface area contributed by atoms with Gasteiger partial charge in [0.15, 0.2) is 0 Å². The Hall–Kier alpha value is -0.980. The van der Waals surface area contributed by atoms with Crippen molar-refractivity contribution in [3.05, 3.63) is 11.6 Å². The maximum absolute atomic E-state index is 12.6. The summed E-state index contributed by atoms with van der Waals surface area (Å²) in [5.41, 5.74) is -1.18. The molecule has 1 rings (SSSR count). The van der Waals surface area contributed by atoms with E-state index in [4.69, 9.17) is 5.26 Å². The van der Waals surface area contributed by atoms with Crippen LogP contribution >= 0.6 is 0 Å². The minimum absolute atomic E-state index is 0.00981. The molecule has 0 aromatic carbocycles. The van der Waals surface area contributed by atoms with Gasteiger partial charge in [-0.3, -0.25) is 0 Å². The lowest BCUT2D eigenvalue weighted by Gasteiger charge is -2.36. The van der Waals surface area contributed by atoms with Crippen molar-refractivity contribution in [3.63, 3.8) is 0 Å². The summed E-state index contributed by atoms with van der Waals surface area (Å²) in [6, 6.07) is 1.94. The SMILES string of the molecule is CC1CC(C)(C(F)(F)F)CC=C1C#N. The van der Waals surface area contributed by atoms with Gasteiger partial charge in [0.1, 0.15) is 0 Å². The normalized spacial score (nSPS) is 33.4. The summed E-state index contributed by atoms with van der Waals surface area (Å²) in [5.74, 6) is -0.291. The molecule has 0 saturated carbocycles. The van der Waals surface area contributed by atoms with Crippen LogP contribution in [-0.2, 0) is 0 Å². The summed E-state index contributed by atoms with van der Waals surface area (Å²) in [4.78, 5) is 0. The van der Waals surface area contributed by atoms with Crippen LogP contribution in [0.4, 0.5) is 13.2 Å². The van der Waals surface area contributed by atoms with Crippen molar-refractivity contribution in [2.24, 2.45) is 11.3 Å². The van der Waals surface area contributed by atoms with Gasteiger partial charge in [-0.25, -0.2) is 0 Å². The van der Waals surface area contributed by atoms with E-state index in [-0.39, 0.29) is 18.8 Å². The molecule has 0 radical (unpaired) electrons. The highest BCUT2D eigenvalue weighted by Crippen LogP contribution is 2.49. The standard InChI is InChI=1S/C10H12F3N/c1-7-5-9(2,10(11,12)13)4-3-8(7)6-14/h3,7H,4-5H2,1-2H3. The third-order valence-electron chi connectivity index (χ3n) is 2.87. The molecule has 0 amide bonds. The van der Waals surface area contributed by atoms with E-state index in [2.05, 4.69) is 0 Å². The number of halogens is 3. The van der Waals surface area contributed by atoms with Gasteiger partial charge in [-0.05, 0) is 18.8 Å². The number of nitrogens with zero attached hydrogens (tertiary/aromatic N) is 1. The van der Waals surface area contributed by atoms with Crippen molar-refractivity contribution in [2.45, 2.75) is 32.9 Å². The highest BCUT2D eigenvalue weighted by atomic mass is 19.4. The summed E-state index contributed by atoms with van der Waals surface area (Å²) in [7, 11) is 0. The van der Waals surface area contributed by atoms with Crippen LogP contribution in [0.1, 0.15) is 26.7 Å². The second kappa shape index (κ2) is 3.30. The zero-order valence-electron chi connectivity index (χ0n) is 8.15. The molecule has 78 valence electrons. The minimum Gasteiger partial charge on any atom is -0.193 e. The van der Waals surface area contributed by atoms with E-state index in [0.29, 0.717) is 5.57 Å². The monoisotopic (exact) mass is 203 g/mol. The van der Waals surface area contributed by atoms with E-state index in [1.165, 1.54) is 13.0 Å². The Morgan fingerprint density at radius 2 is 2.14 bits per heavy atom. The Kier molecular flexibility index (Phi) is 2.62. The molecule has 0 heterocycles. The molecule has 0 aromatic heterocycles. The molecular formula is C10H12F3N. The van der Waals surface area contributed by atoms with Crippen LogP contribution in [0.5, 0.6) is 0 Å². The fourth-order valence-electron chi connectivity index (χ4n) is 1.79. The molecule has 0 saturated heterocycles. The molecule has 0 N–H and O–H groups in total. The minimum atomic E-state index is -4.18. The lowest BCUT2D eigenvalue weighted by atomic mass is 9.71. The summed E-state index contributed by atoms with van der Waals surface area (Å²) >= 11 is 0. The number of nitriles is 1. The Bertz CT molecular complexity index is 297. The van der Waals surface area contributed by atoms with Crippen molar-refractivity contribution in [3.8, 4) is 6.07 Å². The van der Waals surface area contributed by atoms with Crippen molar-refractivity contribution >= 4 is 0 Å². The first kappa shape index (κ1) is 11.1. The Morgan fingerprint density at radius 3 is 2.50 bits per heavy atom. The van der Waals surface area contributed by atoms with Crippen molar-refractivity contribution in [1.29, 1.82) is 5.26 Å². The summed E-state index contributed by atoms with van der Waals surface area (Å²) < 4.78 is 37.9. The van der Waals surface area contributed by atoms with Crippen LogP contribution in [0.3, 0.4) is 0 Å². The summed E-state index contributed by atoms with van der Waals surface area (Å²) in [6.07, 6.45) is -2.83. The zero-order chi connectivity index (χ0) is 11.0. The predicted octanol–water partition coefficient (Wildman–Crippen LogP) is 3.43. The van der Waals surface area contributed by atoms with Crippen molar-refractivity contribution < 1.29 is 13.2 Å². The quantitative estimate of drug-likeness (QED) is 0.591. The molecule has 1 aliphatic rings. The second-order valence-corrected chi connectivity index (χ2v) is 4.14. The molecule has 2 unspecified atom stereocenters. The first-order chi connectivity index (χ1) is 6.30. The second-order valence-electron chi connectivity index (χ2n) is 4.14. The first-order valence-corrected chi connectivity index (χ1v) is 4.47. The number of hydrogen-bond acceptors (Lipinski definition) is 1. The van der Waals surface area contributed by atoms with Gasteiger partial charge in [-0.1, -0.05) is 19.9 Å². The predicted molar refractivity (Wildman–Crippen MR) is 46.3 cm³/mol. The molecular weight excluding hydrogens is 191 g/mol. The highest BCUT2D eigenvalue weighted by Gasteiger charge is 2.52. The average molecular weight is 203 g/mol. The molecule has 0 aromatic rings. The number of alkyl halides is 3. The van der Waals surface area contributed by atoms with E-state index < -0.39 is 11.6 Å². The molecule has 0 bridgehead atoms. The zero-order valence-corrected chi connectivity index (χ0v) is 8.15. The van der Waals surface area contributed by atoms with E-state index in [1.807, 2.05) is 6.07 Å². The summed E-state index contributed by atoms with van der Waals surface area (Å²) in [5, 5.41) is 8.63. The Labute approximate surface area is 81.2 Å². The van der Waals surface area contributed by atoms with Crippen LogP contribution in [0.25, 0.3) is 0 Å². The molecule has 2 atom stereocenters. The topological polar surface area (TPSA) is 23.8 Å². The van der Waals surface area contributed by atoms with Crippen LogP contribution < -0.4 is 0 Å². The van der Waals surface area contributed by atoms with Crippen LogP contribution in [-0.4, -0.2) is 6.18 Å². The third kappa shape index (κ3) is 1.77. The van der Waals surface area contributed by atoms with E-state index in [1.54, 1.807) is 6.92 Å². The van der Waals surface area contributed by atoms with Gasteiger partial charge < -0.3 is 0 Å². The molecule has 0 fully saturated rings. The maximum atomic E-state index is 12.6. The fourth-order valence-corrected chi connectivity index (χ4v) is 1.79. The molecule has 0 aliphatic heterocycles. The van der Waals surface area contributed by atoms with E-state index in [0.717, 1.165) is 0 Å². The van der Waals surface area contributed by atoms with E-state index >= 15 is 0 Å². The number of hydrogen-bond donors (Lipinski definition) is 0. The van der Waals surface area contributed by atoms with Gasteiger partial charge >= 0.3 is 6.18 Å². The van der Waals surface area contributed by atoms with Crippen LogP contribution in [0.2, 0.25) is 0 Å². The molecule has 1 aliphatic carbocycles. The number of rotatable bonds is 0. The van der Waals surface area contributed by atoms with Gasteiger partial charge in [0.05, 0.1) is 11.5 Å². The average Bonchev–Trinajstić information content (AvgIpc) is 2.02. The highest BCUT2D eigenvalue weighted by molar-refractivity contribution is 5.26. The van der Waals surface area contributed by atoms with Crippen molar-refractivity contribution in [1.82, 2.24) is 0 Å².